The van der Waals surface area contributed by atoms with Crippen LogP contribution in [-0.2, 0) is 13.1 Å². The molecular weight excluding hydrogens is 437 g/mol. The Balaban J connectivity index is 0.00000272. The topological polar surface area (TPSA) is 67.4 Å². The van der Waals surface area contributed by atoms with Crippen LogP contribution in [-0.4, -0.2) is 49.4 Å². The summed E-state index contributed by atoms with van der Waals surface area (Å²) < 4.78 is 7.71. The zero-order valence-corrected chi connectivity index (χ0v) is 19.9. The number of hydrogen-bond acceptors (Lipinski definition) is 5. The number of oxazole rings is 1. The van der Waals surface area contributed by atoms with Crippen molar-refractivity contribution in [2.45, 2.75) is 52.9 Å². The Morgan fingerprint density at radius 1 is 1.23 bits per heavy atom. The molecule has 3 aromatic rings. The van der Waals surface area contributed by atoms with Crippen molar-refractivity contribution in [2.24, 2.45) is 0 Å². The van der Waals surface area contributed by atoms with Crippen LogP contribution in [0.1, 0.15) is 49.4 Å². The van der Waals surface area contributed by atoms with Gasteiger partial charge in [0, 0.05) is 25.7 Å². The molecule has 0 bridgehead atoms. The highest BCUT2D eigenvalue weighted by Gasteiger charge is 2.29. The van der Waals surface area contributed by atoms with Gasteiger partial charge < -0.3 is 9.32 Å². The summed E-state index contributed by atoms with van der Waals surface area (Å²) in [5, 5.41) is 0.424. The second-order valence-electron chi connectivity index (χ2n) is 8.21. The minimum absolute atomic E-state index is 0. The van der Waals surface area contributed by atoms with Gasteiger partial charge in [-0.1, -0.05) is 17.7 Å². The third-order valence-corrected chi connectivity index (χ3v) is 5.81. The first-order valence-corrected chi connectivity index (χ1v) is 10.5. The number of hydrogen-bond donors (Lipinski definition) is 0. The molecule has 3 heterocycles. The quantitative estimate of drug-likeness (QED) is 0.542. The molecule has 0 N–H and O–H groups in total. The minimum atomic E-state index is -0.122. The summed E-state index contributed by atoms with van der Waals surface area (Å²) in [6, 6.07) is 6.23. The minimum Gasteiger partial charge on any atom is -0.443 e. The maximum atomic E-state index is 12.9. The SMILES string of the molecule is CC(C)N(Cc1coc(-c2ncn3c2CN(C)C(=O)c2c(Cl)cccc2-3)n1)C(C)C.Cl. The predicted octanol–water partition coefficient (Wildman–Crippen LogP) is 4.81. The third kappa shape index (κ3) is 4.22. The van der Waals surface area contributed by atoms with Crippen LogP contribution in [0.2, 0.25) is 5.02 Å². The van der Waals surface area contributed by atoms with Crippen molar-refractivity contribution in [3.05, 3.63) is 52.8 Å². The molecule has 1 aliphatic heterocycles. The van der Waals surface area contributed by atoms with Gasteiger partial charge in [-0.3, -0.25) is 14.3 Å². The molecule has 31 heavy (non-hydrogen) atoms. The Bertz CT molecular complexity index is 1080. The van der Waals surface area contributed by atoms with Gasteiger partial charge in [0.05, 0.1) is 34.2 Å². The molecule has 0 atom stereocenters. The Kier molecular flexibility index (Phi) is 6.79. The van der Waals surface area contributed by atoms with Gasteiger partial charge in [-0.25, -0.2) is 9.97 Å². The molecule has 1 aromatic carbocycles. The number of imidazole rings is 1. The Morgan fingerprint density at radius 3 is 2.61 bits per heavy atom. The lowest BCUT2D eigenvalue weighted by molar-refractivity contribution is 0.0788. The van der Waals surface area contributed by atoms with E-state index in [1.807, 2.05) is 16.7 Å². The van der Waals surface area contributed by atoms with Crippen LogP contribution in [0.25, 0.3) is 17.3 Å². The van der Waals surface area contributed by atoms with E-state index in [0.717, 1.165) is 11.4 Å². The molecule has 9 heteroatoms. The number of benzene rings is 1. The Morgan fingerprint density at radius 2 is 1.94 bits per heavy atom. The average molecular weight is 464 g/mol. The second-order valence-corrected chi connectivity index (χ2v) is 8.62. The van der Waals surface area contributed by atoms with Gasteiger partial charge in [-0.15, -0.1) is 12.4 Å². The molecule has 0 unspecified atom stereocenters. The van der Waals surface area contributed by atoms with Crippen molar-refractivity contribution >= 4 is 29.9 Å². The van der Waals surface area contributed by atoms with Gasteiger partial charge in [0.2, 0.25) is 5.89 Å². The highest BCUT2D eigenvalue weighted by Crippen LogP contribution is 2.33. The molecule has 0 radical (unpaired) electrons. The first kappa shape index (κ1) is 23.3. The molecule has 0 fully saturated rings. The van der Waals surface area contributed by atoms with Gasteiger partial charge >= 0.3 is 0 Å². The highest BCUT2D eigenvalue weighted by molar-refractivity contribution is 6.34. The first-order valence-electron chi connectivity index (χ1n) is 10.1. The van der Waals surface area contributed by atoms with Gasteiger partial charge in [0.15, 0.2) is 0 Å². The number of aromatic nitrogens is 3. The van der Waals surface area contributed by atoms with Crippen LogP contribution in [0.3, 0.4) is 0 Å². The number of fused-ring (bicyclic) bond motifs is 3. The summed E-state index contributed by atoms with van der Waals surface area (Å²) in [6.45, 7) is 9.77. The maximum Gasteiger partial charge on any atom is 0.257 e. The molecule has 4 rings (SSSR count). The van der Waals surface area contributed by atoms with Crippen molar-refractivity contribution in [1.82, 2.24) is 24.3 Å². The fourth-order valence-corrected chi connectivity index (χ4v) is 4.21. The highest BCUT2D eigenvalue weighted by atomic mass is 35.5. The molecule has 166 valence electrons. The number of rotatable bonds is 5. The third-order valence-electron chi connectivity index (χ3n) is 5.49. The van der Waals surface area contributed by atoms with E-state index >= 15 is 0 Å². The van der Waals surface area contributed by atoms with E-state index in [2.05, 4.69) is 37.6 Å². The molecule has 1 aliphatic rings. The number of carbonyl (C=O) groups excluding carboxylic acids is 1. The molecular formula is C22H27Cl2N5O2. The van der Waals surface area contributed by atoms with Gasteiger partial charge in [-0.2, -0.15) is 0 Å². The summed E-state index contributed by atoms with van der Waals surface area (Å²) in [4.78, 5) is 26.1. The fraction of sp³-hybridized carbons (Fsp3) is 0.409. The predicted molar refractivity (Wildman–Crippen MR) is 123 cm³/mol. The maximum absolute atomic E-state index is 12.9. The van der Waals surface area contributed by atoms with Gasteiger partial charge in [0.25, 0.3) is 5.91 Å². The van der Waals surface area contributed by atoms with Crippen molar-refractivity contribution in [3.63, 3.8) is 0 Å². The standard InChI is InChI=1S/C22H26ClN5O2.ClH/c1-13(2)27(14(3)4)9-15-11-30-21(25-15)20-18-10-26(5)22(29)19-16(23)7-6-8-17(19)28(18)12-24-20;/h6-8,11-14H,9-10H2,1-5H3;1H. The normalized spacial score (nSPS) is 13.5. The van der Waals surface area contributed by atoms with Crippen molar-refractivity contribution < 1.29 is 9.21 Å². The molecule has 0 aliphatic carbocycles. The molecule has 2 aromatic heterocycles. The van der Waals surface area contributed by atoms with Crippen molar-refractivity contribution in [1.29, 1.82) is 0 Å². The summed E-state index contributed by atoms with van der Waals surface area (Å²) in [6.07, 6.45) is 3.39. The summed E-state index contributed by atoms with van der Waals surface area (Å²) >= 11 is 6.35. The van der Waals surface area contributed by atoms with Crippen LogP contribution in [0, 0.1) is 0 Å². The lowest BCUT2D eigenvalue weighted by Crippen LogP contribution is -2.36. The van der Waals surface area contributed by atoms with Crippen molar-refractivity contribution in [3.8, 4) is 17.3 Å². The molecule has 0 spiro atoms. The zero-order chi connectivity index (χ0) is 21.6. The molecule has 1 amide bonds. The van der Waals surface area contributed by atoms with Crippen molar-refractivity contribution in [2.75, 3.05) is 7.05 Å². The smallest absolute Gasteiger partial charge is 0.257 e. The second kappa shape index (κ2) is 9.02. The average Bonchev–Trinajstić information content (AvgIpc) is 3.29. The van der Waals surface area contributed by atoms with E-state index in [1.54, 1.807) is 30.6 Å². The van der Waals surface area contributed by atoms with E-state index in [0.29, 0.717) is 53.0 Å². The van der Waals surface area contributed by atoms with Gasteiger partial charge in [-0.05, 0) is 39.8 Å². The Hall–Kier alpha value is -2.35. The number of nitrogens with zero attached hydrogens (tertiary/aromatic N) is 5. The lowest BCUT2D eigenvalue weighted by Gasteiger charge is -2.29. The van der Waals surface area contributed by atoms with E-state index in [-0.39, 0.29) is 18.3 Å². The zero-order valence-electron chi connectivity index (χ0n) is 18.3. The molecule has 0 saturated heterocycles. The van der Waals surface area contributed by atoms with E-state index < -0.39 is 0 Å². The van der Waals surface area contributed by atoms with Crippen LogP contribution < -0.4 is 0 Å². The summed E-state index contributed by atoms with van der Waals surface area (Å²) in [5.41, 5.74) is 3.51. The monoisotopic (exact) mass is 463 g/mol. The van der Waals surface area contributed by atoms with Crippen LogP contribution >= 0.6 is 24.0 Å². The van der Waals surface area contributed by atoms with Crippen LogP contribution in [0.5, 0.6) is 0 Å². The van der Waals surface area contributed by atoms with E-state index in [1.165, 1.54) is 0 Å². The number of amides is 1. The Labute approximate surface area is 193 Å². The summed E-state index contributed by atoms with van der Waals surface area (Å²) in [5.74, 6) is 0.334. The number of carbonyl (C=O) groups is 1. The van der Waals surface area contributed by atoms with Crippen LogP contribution in [0.15, 0.2) is 35.2 Å². The number of halogens is 2. The fourth-order valence-electron chi connectivity index (χ4n) is 3.96. The van der Waals surface area contributed by atoms with Crippen LogP contribution in [0.4, 0.5) is 0 Å². The largest absolute Gasteiger partial charge is 0.443 e. The van der Waals surface area contributed by atoms with E-state index in [4.69, 9.17) is 21.0 Å². The molecule has 7 nitrogen and oxygen atoms in total. The lowest BCUT2D eigenvalue weighted by atomic mass is 10.1. The molecule has 0 saturated carbocycles. The van der Waals surface area contributed by atoms with Gasteiger partial charge in [0.1, 0.15) is 18.3 Å². The first-order chi connectivity index (χ1) is 14.3. The summed E-state index contributed by atoms with van der Waals surface area (Å²) in [7, 11) is 1.76. The van der Waals surface area contributed by atoms with E-state index in [9.17, 15) is 4.79 Å².